The Morgan fingerprint density at radius 3 is 3.00 bits per heavy atom. The Morgan fingerprint density at radius 2 is 2.11 bits per heavy atom. The lowest BCUT2D eigenvalue weighted by Gasteiger charge is -2.22. The van der Waals surface area contributed by atoms with Gasteiger partial charge >= 0.3 is 0 Å². The molecule has 0 spiro atoms. The summed E-state index contributed by atoms with van der Waals surface area (Å²) in [5.41, 5.74) is 3.90. The fraction of sp³-hybridized carbons (Fsp3) is 0.467. The summed E-state index contributed by atoms with van der Waals surface area (Å²) in [7, 11) is 0. The molecular formula is C15H18N4. The largest absolute Gasteiger partial charge is 0.298 e. The summed E-state index contributed by atoms with van der Waals surface area (Å²) in [5.74, 6) is 1.39. The number of rotatable bonds is 2. The van der Waals surface area contributed by atoms with Crippen LogP contribution in [0.4, 0.5) is 0 Å². The summed E-state index contributed by atoms with van der Waals surface area (Å²) >= 11 is 0. The maximum absolute atomic E-state index is 4.20. The van der Waals surface area contributed by atoms with E-state index < -0.39 is 0 Å². The van der Waals surface area contributed by atoms with Gasteiger partial charge in [0.1, 0.15) is 0 Å². The number of aromatic amines is 1. The Balaban J connectivity index is 1.52. The van der Waals surface area contributed by atoms with Crippen molar-refractivity contribution in [3.8, 4) is 0 Å². The molecule has 1 saturated heterocycles. The van der Waals surface area contributed by atoms with Crippen LogP contribution in [-0.4, -0.2) is 33.4 Å². The lowest BCUT2D eigenvalue weighted by molar-refractivity contribution is 0.313. The van der Waals surface area contributed by atoms with Crippen LogP contribution in [0.3, 0.4) is 0 Å². The van der Waals surface area contributed by atoms with Crippen molar-refractivity contribution in [1.29, 1.82) is 0 Å². The van der Waals surface area contributed by atoms with Crippen LogP contribution >= 0.6 is 0 Å². The standard InChI is InChI=1S/C15H18N4/c1-2-4-11(5-3-1)8-19-9-12-6-7-14-15(13(12)10-19)17-18-16-14/h1-5,12-13H,6-10H2,(H,16,17,18)/t12-,13+/m0/s1. The highest BCUT2D eigenvalue weighted by Gasteiger charge is 2.39. The van der Waals surface area contributed by atoms with E-state index in [4.69, 9.17) is 0 Å². The smallest absolute Gasteiger partial charge is 0.0860 e. The van der Waals surface area contributed by atoms with Crippen LogP contribution in [0.25, 0.3) is 0 Å². The highest BCUT2D eigenvalue weighted by Crippen LogP contribution is 2.39. The van der Waals surface area contributed by atoms with Gasteiger partial charge < -0.3 is 0 Å². The summed E-state index contributed by atoms with van der Waals surface area (Å²) in [6, 6.07) is 10.7. The fourth-order valence-electron chi connectivity index (χ4n) is 3.61. The van der Waals surface area contributed by atoms with Crippen LogP contribution in [-0.2, 0) is 13.0 Å². The molecule has 4 rings (SSSR count). The SMILES string of the molecule is c1ccc(CN2C[C@@H]3CCc4nn[nH]c4[C@@H]3C2)cc1. The van der Waals surface area contributed by atoms with Gasteiger partial charge in [0.2, 0.25) is 0 Å². The predicted molar refractivity (Wildman–Crippen MR) is 72.7 cm³/mol. The van der Waals surface area contributed by atoms with Crippen molar-refractivity contribution in [3.63, 3.8) is 0 Å². The molecule has 4 nitrogen and oxygen atoms in total. The van der Waals surface area contributed by atoms with Gasteiger partial charge in [0.25, 0.3) is 0 Å². The first kappa shape index (κ1) is 11.2. The van der Waals surface area contributed by atoms with Crippen LogP contribution in [0.15, 0.2) is 30.3 Å². The Morgan fingerprint density at radius 1 is 1.21 bits per heavy atom. The van der Waals surface area contributed by atoms with Crippen molar-refractivity contribution >= 4 is 0 Å². The maximum atomic E-state index is 4.20. The van der Waals surface area contributed by atoms with Crippen LogP contribution in [0, 0.1) is 5.92 Å². The molecule has 0 saturated carbocycles. The monoisotopic (exact) mass is 254 g/mol. The van der Waals surface area contributed by atoms with Crippen molar-refractivity contribution in [2.24, 2.45) is 5.92 Å². The Hall–Kier alpha value is -1.68. The second-order valence-electron chi connectivity index (χ2n) is 5.76. The van der Waals surface area contributed by atoms with Gasteiger partial charge in [-0.25, -0.2) is 0 Å². The number of nitrogens with one attached hydrogen (secondary N) is 1. The first-order valence-corrected chi connectivity index (χ1v) is 7.06. The molecule has 1 aromatic carbocycles. The number of hydrogen-bond acceptors (Lipinski definition) is 3. The maximum Gasteiger partial charge on any atom is 0.0860 e. The molecule has 0 bridgehead atoms. The number of aromatic nitrogens is 3. The molecule has 1 aromatic heterocycles. The number of fused-ring (bicyclic) bond motifs is 3. The molecule has 2 atom stereocenters. The number of nitrogens with zero attached hydrogens (tertiary/aromatic N) is 3. The van der Waals surface area contributed by atoms with E-state index in [-0.39, 0.29) is 0 Å². The average Bonchev–Trinajstić information content (AvgIpc) is 3.04. The van der Waals surface area contributed by atoms with Gasteiger partial charge in [-0.1, -0.05) is 35.5 Å². The zero-order valence-corrected chi connectivity index (χ0v) is 10.9. The van der Waals surface area contributed by atoms with Gasteiger partial charge in [-0.15, -0.1) is 5.10 Å². The minimum atomic E-state index is 0.613. The van der Waals surface area contributed by atoms with E-state index in [1.807, 2.05) is 0 Å². The zero-order chi connectivity index (χ0) is 12.7. The second kappa shape index (κ2) is 4.46. The van der Waals surface area contributed by atoms with Crippen LogP contribution in [0.5, 0.6) is 0 Å². The minimum Gasteiger partial charge on any atom is -0.298 e. The first-order chi connectivity index (χ1) is 9.40. The van der Waals surface area contributed by atoms with Crippen molar-refractivity contribution in [2.75, 3.05) is 13.1 Å². The van der Waals surface area contributed by atoms with Gasteiger partial charge in [0, 0.05) is 25.6 Å². The van der Waals surface area contributed by atoms with E-state index in [1.54, 1.807) is 0 Å². The van der Waals surface area contributed by atoms with E-state index in [0.717, 1.165) is 25.4 Å². The molecule has 2 aliphatic rings. The summed E-state index contributed by atoms with van der Waals surface area (Å²) in [5, 5.41) is 11.3. The van der Waals surface area contributed by atoms with E-state index in [2.05, 4.69) is 50.6 Å². The molecule has 0 amide bonds. The summed E-state index contributed by atoms with van der Waals surface area (Å²) < 4.78 is 0. The van der Waals surface area contributed by atoms with Crippen molar-refractivity contribution < 1.29 is 0 Å². The van der Waals surface area contributed by atoms with Crippen LogP contribution < -0.4 is 0 Å². The number of H-pyrrole nitrogens is 1. The molecule has 1 aliphatic carbocycles. The lowest BCUT2D eigenvalue weighted by Crippen LogP contribution is -2.20. The number of benzene rings is 1. The molecule has 19 heavy (non-hydrogen) atoms. The third kappa shape index (κ3) is 1.96. The lowest BCUT2D eigenvalue weighted by atomic mass is 9.82. The number of hydrogen-bond donors (Lipinski definition) is 1. The van der Waals surface area contributed by atoms with E-state index in [1.165, 1.54) is 29.9 Å². The molecule has 2 heterocycles. The number of likely N-dealkylation sites (tertiary alicyclic amines) is 1. The van der Waals surface area contributed by atoms with E-state index >= 15 is 0 Å². The normalized spacial score (nSPS) is 26.1. The van der Waals surface area contributed by atoms with Crippen molar-refractivity contribution in [3.05, 3.63) is 47.3 Å². The van der Waals surface area contributed by atoms with Crippen molar-refractivity contribution in [1.82, 2.24) is 20.3 Å². The molecular weight excluding hydrogens is 236 g/mol. The van der Waals surface area contributed by atoms with Gasteiger partial charge in [0.15, 0.2) is 0 Å². The Kier molecular flexibility index (Phi) is 2.62. The highest BCUT2D eigenvalue weighted by molar-refractivity contribution is 5.22. The molecule has 98 valence electrons. The topological polar surface area (TPSA) is 44.8 Å². The molecule has 4 heteroatoms. The van der Waals surface area contributed by atoms with Gasteiger partial charge in [-0.3, -0.25) is 10.00 Å². The summed E-state index contributed by atoms with van der Waals surface area (Å²) in [4.78, 5) is 2.57. The van der Waals surface area contributed by atoms with Crippen molar-refractivity contribution in [2.45, 2.75) is 25.3 Å². The van der Waals surface area contributed by atoms with E-state index in [9.17, 15) is 0 Å². The van der Waals surface area contributed by atoms with E-state index in [0.29, 0.717) is 5.92 Å². The molecule has 2 aromatic rings. The molecule has 0 radical (unpaired) electrons. The molecule has 1 aliphatic heterocycles. The third-order valence-electron chi connectivity index (χ3n) is 4.54. The Bertz CT molecular complexity index is 563. The van der Waals surface area contributed by atoms with Crippen LogP contribution in [0.2, 0.25) is 0 Å². The third-order valence-corrected chi connectivity index (χ3v) is 4.54. The summed E-state index contributed by atoms with van der Waals surface area (Å²) in [6.45, 7) is 3.40. The molecule has 1 N–H and O–H groups in total. The minimum absolute atomic E-state index is 0.613. The molecule has 0 unspecified atom stereocenters. The second-order valence-corrected chi connectivity index (χ2v) is 5.76. The van der Waals surface area contributed by atoms with Gasteiger partial charge in [-0.05, 0) is 24.3 Å². The fourth-order valence-corrected chi connectivity index (χ4v) is 3.61. The Labute approximate surface area is 112 Å². The molecule has 1 fully saturated rings. The first-order valence-electron chi connectivity index (χ1n) is 7.06. The summed E-state index contributed by atoms with van der Waals surface area (Å²) in [6.07, 6.45) is 2.35. The van der Waals surface area contributed by atoms with Gasteiger partial charge in [-0.2, -0.15) is 0 Å². The van der Waals surface area contributed by atoms with Gasteiger partial charge in [0.05, 0.1) is 11.4 Å². The highest BCUT2D eigenvalue weighted by atomic mass is 15.3. The zero-order valence-electron chi connectivity index (χ0n) is 10.9. The predicted octanol–water partition coefficient (Wildman–Crippen LogP) is 1.97. The average molecular weight is 254 g/mol. The van der Waals surface area contributed by atoms with Crippen LogP contribution in [0.1, 0.15) is 29.3 Å². The quantitative estimate of drug-likeness (QED) is 0.891. The number of aryl methyl sites for hydroxylation is 1.